The van der Waals surface area contributed by atoms with E-state index in [1.54, 1.807) is 32.2 Å². The average molecular weight is 394 g/mol. The number of halogens is 2. The van der Waals surface area contributed by atoms with E-state index in [1.807, 2.05) is 29.2 Å². The first-order chi connectivity index (χ1) is 12.5. The number of amides is 1. The van der Waals surface area contributed by atoms with Gasteiger partial charge in [-0.05, 0) is 55.7 Å². The van der Waals surface area contributed by atoms with E-state index in [0.717, 1.165) is 24.2 Å². The highest BCUT2D eigenvalue weighted by molar-refractivity contribution is 6.35. The summed E-state index contributed by atoms with van der Waals surface area (Å²) in [5.41, 5.74) is 1.06. The molecular weight excluding hydrogens is 373 g/mol. The first kappa shape index (κ1) is 18.9. The van der Waals surface area contributed by atoms with Crippen LogP contribution in [0.5, 0.6) is 11.5 Å². The number of rotatable bonds is 7. The molecule has 2 aromatic carbocycles. The van der Waals surface area contributed by atoms with Crippen LogP contribution in [0.3, 0.4) is 0 Å². The third-order valence-corrected chi connectivity index (χ3v) is 4.86. The minimum atomic E-state index is -0.632. The molecule has 1 aliphatic carbocycles. The highest BCUT2D eigenvalue weighted by Crippen LogP contribution is 2.31. The van der Waals surface area contributed by atoms with Crippen molar-refractivity contribution in [2.24, 2.45) is 0 Å². The Kier molecular flexibility index (Phi) is 5.94. The Hall–Kier alpha value is -1.91. The molecule has 0 heterocycles. The zero-order chi connectivity index (χ0) is 18.7. The van der Waals surface area contributed by atoms with Crippen molar-refractivity contribution in [1.82, 2.24) is 4.90 Å². The number of methoxy groups -OCH3 is 1. The van der Waals surface area contributed by atoms with Crippen molar-refractivity contribution in [3.63, 3.8) is 0 Å². The van der Waals surface area contributed by atoms with Gasteiger partial charge >= 0.3 is 0 Å². The van der Waals surface area contributed by atoms with E-state index in [4.69, 9.17) is 32.7 Å². The number of ether oxygens (including phenoxy) is 2. The summed E-state index contributed by atoms with van der Waals surface area (Å²) in [5.74, 6) is 1.21. The maximum absolute atomic E-state index is 12.9. The minimum Gasteiger partial charge on any atom is -0.497 e. The topological polar surface area (TPSA) is 38.8 Å². The van der Waals surface area contributed by atoms with E-state index >= 15 is 0 Å². The quantitative estimate of drug-likeness (QED) is 0.666. The lowest BCUT2D eigenvalue weighted by atomic mass is 10.2. The van der Waals surface area contributed by atoms with Crippen molar-refractivity contribution in [3.8, 4) is 11.5 Å². The number of hydrogen-bond acceptors (Lipinski definition) is 3. The molecule has 0 aromatic heterocycles. The standard InChI is InChI=1S/C20H21Cl2NO3/c1-13(26-19-10-5-15(21)11-18(19)22)20(24)23(16-6-7-16)12-14-3-8-17(25-2)9-4-14/h3-5,8-11,13,16H,6-7,12H2,1-2H3. The molecule has 1 unspecified atom stereocenters. The summed E-state index contributed by atoms with van der Waals surface area (Å²) in [6.07, 6.45) is 1.42. The van der Waals surface area contributed by atoms with Crippen LogP contribution in [0.15, 0.2) is 42.5 Å². The molecule has 4 nitrogen and oxygen atoms in total. The van der Waals surface area contributed by atoms with Crippen molar-refractivity contribution in [2.75, 3.05) is 7.11 Å². The summed E-state index contributed by atoms with van der Waals surface area (Å²) in [5, 5.41) is 0.922. The van der Waals surface area contributed by atoms with Gasteiger partial charge in [-0.15, -0.1) is 0 Å². The van der Waals surface area contributed by atoms with Gasteiger partial charge in [0, 0.05) is 17.6 Å². The van der Waals surface area contributed by atoms with Crippen LogP contribution in [0.1, 0.15) is 25.3 Å². The zero-order valence-electron chi connectivity index (χ0n) is 14.7. The molecule has 138 valence electrons. The second-order valence-electron chi connectivity index (χ2n) is 6.38. The lowest BCUT2D eigenvalue weighted by molar-refractivity contribution is -0.139. The van der Waals surface area contributed by atoms with Crippen molar-refractivity contribution in [2.45, 2.75) is 38.5 Å². The molecule has 0 radical (unpaired) electrons. The molecule has 0 saturated heterocycles. The lowest BCUT2D eigenvalue weighted by Gasteiger charge is -2.26. The van der Waals surface area contributed by atoms with Crippen molar-refractivity contribution >= 4 is 29.1 Å². The van der Waals surface area contributed by atoms with Crippen LogP contribution in [0, 0.1) is 0 Å². The van der Waals surface area contributed by atoms with Crippen molar-refractivity contribution in [1.29, 1.82) is 0 Å². The van der Waals surface area contributed by atoms with E-state index in [1.165, 1.54) is 0 Å². The number of carbonyl (C=O) groups is 1. The van der Waals surface area contributed by atoms with E-state index in [0.29, 0.717) is 22.3 Å². The van der Waals surface area contributed by atoms with Crippen LogP contribution in [-0.4, -0.2) is 30.1 Å². The third kappa shape index (κ3) is 4.63. The second-order valence-corrected chi connectivity index (χ2v) is 7.22. The fraction of sp³-hybridized carbons (Fsp3) is 0.350. The van der Waals surface area contributed by atoms with Crippen molar-refractivity contribution in [3.05, 3.63) is 58.1 Å². The number of nitrogens with zero attached hydrogens (tertiary/aromatic N) is 1. The van der Waals surface area contributed by atoms with Crippen LogP contribution in [0.25, 0.3) is 0 Å². The highest BCUT2D eigenvalue weighted by atomic mass is 35.5. The Bertz CT molecular complexity index is 775. The van der Waals surface area contributed by atoms with Gasteiger partial charge in [-0.2, -0.15) is 0 Å². The summed E-state index contributed by atoms with van der Waals surface area (Å²) < 4.78 is 11.0. The molecule has 1 fully saturated rings. The number of carbonyl (C=O) groups excluding carboxylic acids is 1. The molecule has 0 N–H and O–H groups in total. The normalized spacial score (nSPS) is 14.6. The van der Waals surface area contributed by atoms with Gasteiger partial charge < -0.3 is 14.4 Å². The summed E-state index contributed by atoms with van der Waals surface area (Å²) in [6, 6.07) is 13.0. The van der Waals surface area contributed by atoms with E-state index in [9.17, 15) is 4.79 Å². The van der Waals surface area contributed by atoms with Crippen LogP contribution >= 0.6 is 23.2 Å². The number of benzene rings is 2. The summed E-state index contributed by atoms with van der Waals surface area (Å²) in [4.78, 5) is 14.8. The molecular formula is C20H21Cl2NO3. The summed E-state index contributed by atoms with van der Waals surface area (Å²) >= 11 is 12.0. The maximum Gasteiger partial charge on any atom is 0.263 e. The Morgan fingerprint density at radius 3 is 2.46 bits per heavy atom. The van der Waals surface area contributed by atoms with Crippen LogP contribution in [0.4, 0.5) is 0 Å². The van der Waals surface area contributed by atoms with Gasteiger partial charge in [0.25, 0.3) is 5.91 Å². The predicted octanol–water partition coefficient (Wildman–Crippen LogP) is 4.96. The van der Waals surface area contributed by atoms with Gasteiger partial charge in [-0.3, -0.25) is 4.79 Å². The Balaban J connectivity index is 1.69. The molecule has 0 aliphatic heterocycles. The van der Waals surface area contributed by atoms with Gasteiger partial charge in [0.1, 0.15) is 11.5 Å². The highest BCUT2D eigenvalue weighted by Gasteiger charge is 2.35. The van der Waals surface area contributed by atoms with Gasteiger partial charge in [0.15, 0.2) is 6.10 Å². The Morgan fingerprint density at radius 2 is 1.88 bits per heavy atom. The van der Waals surface area contributed by atoms with Gasteiger partial charge in [-0.1, -0.05) is 35.3 Å². The van der Waals surface area contributed by atoms with Crippen LogP contribution < -0.4 is 9.47 Å². The SMILES string of the molecule is COc1ccc(CN(C(=O)C(C)Oc2ccc(Cl)cc2Cl)C2CC2)cc1. The van der Waals surface area contributed by atoms with Gasteiger partial charge in [0.2, 0.25) is 0 Å². The fourth-order valence-corrected chi connectivity index (χ4v) is 3.20. The van der Waals surface area contributed by atoms with Crippen molar-refractivity contribution < 1.29 is 14.3 Å². The average Bonchev–Trinajstić information content (AvgIpc) is 3.47. The number of hydrogen-bond donors (Lipinski definition) is 0. The monoisotopic (exact) mass is 393 g/mol. The molecule has 0 bridgehead atoms. The summed E-state index contributed by atoms with van der Waals surface area (Å²) in [6.45, 7) is 2.30. The van der Waals surface area contributed by atoms with Crippen LogP contribution in [0.2, 0.25) is 10.0 Å². The summed E-state index contributed by atoms with van der Waals surface area (Å²) in [7, 11) is 1.63. The smallest absolute Gasteiger partial charge is 0.263 e. The van der Waals surface area contributed by atoms with Gasteiger partial charge in [-0.25, -0.2) is 0 Å². The molecule has 1 aliphatic rings. The molecule has 0 spiro atoms. The zero-order valence-corrected chi connectivity index (χ0v) is 16.3. The van der Waals surface area contributed by atoms with E-state index in [-0.39, 0.29) is 11.9 Å². The third-order valence-electron chi connectivity index (χ3n) is 4.33. The molecule has 1 amide bonds. The molecule has 6 heteroatoms. The predicted molar refractivity (Wildman–Crippen MR) is 103 cm³/mol. The Morgan fingerprint density at radius 1 is 1.19 bits per heavy atom. The molecule has 1 atom stereocenters. The van der Waals surface area contributed by atoms with E-state index in [2.05, 4.69) is 0 Å². The first-order valence-electron chi connectivity index (χ1n) is 8.53. The molecule has 1 saturated carbocycles. The minimum absolute atomic E-state index is 0.0469. The maximum atomic E-state index is 12.9. The molecule has 3 rings (SSSR count). The van der Waals surface area contributed by atoms with E-state index < -0.39 is 6.10 Å². The largest absolute Gasteiger partial charge is 0.497 e. The molecule has 2 aromatic rings. The Labute approximate surface area is 163 Å². The fourth-order valence-electron chi connectivity index (χ4n) is 2.75. The molecule has 26 heavy (non-hydrogen) atoms. The lowest BCUT2D eigenvalue weighted by Crippen LogP contribution is -2.41. The van der Waals surface area contributed by atoms with Crippen LogP contribution in [-0.2, 0) is 11.3 Å². The second kappa shape index (κ2) is 8.19. The first-order valence-corrected chi connectivity index (χ1v) is 9.28. The van der Waals surface area contributed by atoms with Gasteiger partial charge in [0.05, 0.1) is 12.1 Å².